The van der Waals surface area contributed by atoms with Crippen molar-refractivity contribution in [3.63, 3.8) is 0 Å². The van der Waals surface area contributed by atoms with E-state index in [0.717, 1.165) is 31.4 Å². The predicted molar refractivity (Wildman–Crippen MR) is 64.0 cm³/mol. The molecule has 0 fully saturated rings. The Kier molecular flexibility index (Phi) is 5.53. The van der Waals surface area contributed by atoms with E-state index in [9.17, 15) is 8.78 Å². The lowest BCUT2D eigenvalue weighted by Crippen LogP contribution is -2.04. The van der Waals surface area contributed by atoms with Crippen LogP contribution in [0.25, 0.3) is 0 Å². The molecule has 1 nitrogen and oxygen atoms in total. The van der Waals surface area contributed by atoms with Gasteiger partial charge in [-0.1, -0.05) is 37.8 Å². The molecular weight excluding hydrogens is 232 g/mol. The highest BCUT2D eigenvalue weighted by Crippen LogP contribution is 2.26. The fraction of sp³-hybridized carbons (Fsp3) is 0.500. The Morgan fingerprint density at radius 2 is 1.94 bits per heavy atom. The molecule has 1 aromatic carbocycles. The molecule has 0 saturated heterocycles. The number of halogens is 3. The normalized spacial score (nSPS) is 10.5. The monoisotopic (exact) mass is 247 g/mol. The second-order valence-corrected chi connectivity index (χ2v) is 4.14. The number of unbranched alkanes of at least 4 members (excludes halogenated alkanes) is 3. The van der Waals surface area contributed by atoms with Crippen LogP contribution < -0.4 is 5.32 Å². The molecule has 1 aromatic rings. The largest absolute Gasteiger partial charge is 0.381 e. The minimum absolute atomic E-state index is 0.0907. The van der Waals surface area contributed by atoms with Crippen molar-refractivity contribution in [2.45, 2.75) is 32.6 Å². The van der Waals surface area contributed by atoms with Crippen LogP contribution in [0, 0.1) is 11.6 Å². The van der Waals surface area contributed by atoms with E-state index in [2.05, 4.69) is 12.2 Å². The van der Waals surface area contributed by atoms with Gasteiger partial charge in [0, 0.05) is 12.6 Å². The number of rotatable bonds is 6. The van der Waals surface area contributed by atoms with E-state index in [1.165, 1.54) is 6.42 Å². The second kappa shape index (κ2) is 6.69. The van der Waals surface area contributed by atoms with Crippen LogP contribution in [0.3, 0.4) is 0 Å². The molecule has 0 aliphatic rings. The number of benzene rings is 1. The molecule has 0 atom stereocenters. The quantitative estimate of drug-likeness (QED) is 0.724. The highest BCUT2D eigenvalue weighted by Gasteiger charge is 2.08. The van der Waals surface area contributed by atoms with Crippen molar-refractivity contribution in [3.05, 3.63) is 28.8 Å². The molecule has 0 aliphatic carbocycles. The third-order valence-electron chi connectivity index (χ3n) is 2.34. The van der Waals surface area contributed by atoms with Gasteiger partial charge in [-0.05, 0) is 12.5 Å². The Hall–Kier alpha value is -0.830. The fourth-order valence-corrected chi connectivity index (χ4v) is 1.74. The average Bonchev–Trinajstić information content (AvgIpc) is 2.20. The Bertz CT molecular complexity index is 319. The second-order valence-electron chi connectivity index (χ2n) is 3.73. The summed E-state index contributed by atoms with van der Waals surface area (Å²) in [4.78, 5) is 0. The third kappa shape index (κ3) is 3.97. The standard InChI is InChI=1S/C12H16ClF2N/c1-2-3-4-5-6-16-12-10(13)7-9(14)8-11(12)15/h7-8,16H,2-6H2,1H3. The number of anilines is 1. The van der Waals surface area contributed by atoms with Gasteiger partial charge in [0.25, 0.3) is 0 Å². The lowest BCUT2D eigenvalue weighted by molar-refractivity contribution is 0.584. The van der Waals surface area contributed by atoms with E-state index < -0.39 is 11.6 Å². The highest BCUT2D eigenvalue weighted by atomic mass is 35.5. The van der Waals surface area contributed by atoms with Gasteiger partial charge in [-0.25, -0.2) is 8.78 Å². The van der Waals surface area contributed by atoms with Crippen LogP contribution in [0.15, 0.2) is 12.1 Å². The molecule has 0 heterocycles. The van der Waals surface area contributed by atoms with Gasteiger partial charge in [-0.3, -0.25) is 0 Å². The average molecular weight is 248 g/mol. The number of hydrogen-bond acceptors (Lipinski definition) is 1. The molecule has 16 heavy (non-hydrogen) atoms. The molecule has 90 valence electrons. The number of nitrogens with one attached hydrogen (secondary N) is 1. The van der Waals surface area contributed by atoms with Gasteiger partial charge < -0.3 is 5.32 Å². The minimum atomic E-state index is -0.654. The lowest BCUT2D eigenvalue weighted by Gasteiger charge is -2.09. The van der Waals surface area contributed by atoms with Crippen molar-refractivity contribution < 1.29 is 8.78 Å². The first kappa shape index (κ1) is 13.2. The Morgan fingerprint density at radius 1 is 1.19 bits per heavy atom. The van der Waals surface area contributed by atoms with Crippen LogP contribution in [-0.4, -0.2) is 6.54 Å². The van der Waals surface area contributed by atoms with E-state index >= 15 is 0 Å². The van der Waals surface area contributed by atoms with Gasteiger partial charge >= 0.3 is 0 Å². The Balaban J connectivity index is 2.47. The lowest BCUT2D eigenvalue weighted by atomic mass is 10.2. The van der Waals surface area contributed by atoms with Crippen molar-refractivity contribution in [2.75, 3.05) is 11.9 Å². The summed E-state index contributed by atoms with van der Waals surface area (Å²) in [5.74, 6) is -1.29. The minimum Gasteiger partial charge on any atom is -0.381 e. The highest BCUT2D eigenvalue weighted by molar-refractivity contribution is 6.33. The maximum Gasteiger partial charge on any atom is 0.150 e. The fourth-order valence-electron chi connectivity index (χ4n) is 1.48. The van der Waals surface area contributed by atoms with Crippen LogP contribution in [0.5, 0.6) is 0 Å². The Morgan fingerprint density at radius 3 is 2.56 bits per heavy atom. The Labute approximate surface area is 99.8 Å². The summed E-state index contributed by atoms with van der Waals surface area (Å²) in [5.41, 5.74) is 0.194. The summed E-state index contributed by atoms with van der Waals surface area (Å²) < 4.78 is 26.0. The van der Waals surface area contributed by atoms with Crippen molar-refractivity contribution in [2.24, 2.45) is 0 Å². The van der Waals surface area contributed by atoms with Crippen molar-refractivity contribution in [1.29, 1.82) is 0 Å². The SMILES string of the molecule is CCCCCCNc1c(F)cc(F)cc1Cl. The van der Waals surface area contributed by atoms with Gasteiger partial charge in [0.05, 0.1) is 10.7 Å². The first-order valence-electron chi connectivity index (χ1n) is 5.53. The topological polar surface area (TPSA) is 12.0 Å². The zero-order chi connectivity index (χ0) is 12.0. The molecule has 1 rings (SSSR count). The molecule has 0 unspecified atom stereocenters. The van der Waals surface area contributed by atoms with Crippen molar-refractivity contribution in [1.82, 2.24) is 0 Å². The van der Waals surface area contributed by atoms with Crippen molar-refractivity contribution >= 4 is 17.3 Å². The molecule has 0 amide bonds. The molecule has 1 N–H and O–H groups in total. The summed E-state index contributed by atoms with van der Waals surface area (Å²) in [6, 6.07) is 1.94. The van der Waals surface area contributed by atoms with Crippen LogP contribution in [0.2, 0.25) is 5.02 Å². The predicted octanol–water partition coefficient (Wildman–Crippen LogP) is 4.61. The summed E-state index contributed by atoms with van der Waals surface area (Å²) in [7, 11) is 0. The first-order chi connectivity index (χ1) is 7.65. The van der Waals surface area contributed by atoms with E-state index in [1.807, 2.05) is 0 Å². The zero-order valence-corrected chi connectivity index (χ0v) is 10.1. The maximum absolute atomic E-state index is 13.3. The molecule has 0 spiro atoms. The van der Waals surface area contributed by atoms with E-state index in [-0.39, 0.29) is 10.7 Å². The molecule has 4 heteroatoms. The van der Waals surface area contributed by atoms with Gasteiger partial charge in [0.1, 0.15) is 5.82 Å². The van der Waals surface area contributed by atoms with Crippen LogP contribution in [-0.2, 0) is 0 Å². The van der Waals surface area contributed by atoms with Crippen molar-refractivity contribution in [3.8, 4) is 0 Å². The molecule has 0 bridgehead atoms. The summed E-state index contributed by atoms with van der Waals surface area (Å²) >= 11 is 5.73. The van der Waals surface area contributed by atoms with Crippen LogP contribution in [0.1, 0.15) is 32.6 Å². The molecule has 0 aromatic heterocycles. The summed E-state index contributed by atoms with van der Waals surface area (Å²) in [6.07, 6.45) is 4.39. The van der Waals surface area contributed by atoms with E-state index in [4.69, 9.17) is 11.6 Å². The van der Waals surface area contributed by atoms with Crippen LogP contribution in [0.4, 0.5) is 14.5 Å². The van der Waals surface area contributed by atoms with Crippen LogP contribution >= 0.6 is 11.6 Å². The maximum atomic E-state index is 13.3. The van der Waals surface area contributed by atoms with E-state index in [1.54, 1.807) is 0 Å². The summed E-state index contributed by atoms with van der Waals surface area (Å²) in [6.45, 7) is 2.78. The zero-order valence-electron chi connectivity index (χ0n) is 9.32. The summed E-state index contributed by atoms with van der Waals surface area (Å²) in [5, 5.41) is 2.98. The van der Waals surface area contributed by atoms with Gasteiger partial charge in [0.15, 0.2) is 5.82 Å². The molecule has 0 saturated carbocycles. The van der Waals surface area contributed by atoms with Gasteiger partial charge in [-0.2, -0.15) is 0 Å². The van der Waals surface area contributed by atoms with Gasteiger partial charge in [-0.15, -0.1) is 0 Å². The number of hydrogen-bond donors (Lipinski definition) is 1. The molecule has 0 aliphatic heterocycles. The first-order valence-corrected chi connectivity index (χ1v) is 5.91. The van der Waals surface area contributed by atoms with Gasteiger partial charge in [0.2, 0.25) is 0 Å². The molecule has 0 radical (unpaired) electrons. The smallest absolute Gasteiger partial charge is 0.150 e. The van der Waals surface area contributed by atoms with E-state index in [0.29, 0.717) is 6.54 Å². The third-order valence-corrected chi connectivity index (χ3v) is 2.64. The molecular formula is C12H16ClF2N.